The van der Waals surface area contributed by atoms with Crippen LogP contribution < -0.4 is 21.3 Å². The molecular formula is C17H17N3O7. The quantitative estimate of drug-likeness (QED) is 0.509. The zero-order chi connectivity index (χ0) is 20.0. The summed E-state index contributed by atoms with van der Waals surface area (Å²) in [5.74, 6) is -1.38. The molecule has 10 heteroatoms. The minimum Gasteiger partial charge on any atom is -0.481 e. The van der Waals surface area contributed by atoms with Crippen LogP contribution in [0.4, 0.5) is 5.82 Å². The lowest BCUT2D eigenvalue weighted by atomic mass is 10.2. The van der Waals surface area contributed by atoms with Crippen LogP contribution in [0.15, 0.2) is 39.9 Å². The summed E-state index contributed by atoms with van der Waals surface area (Å²) in [7, 11) is 2.68. The molecule has 0 saturated carbocycles. The summed E-state index contributed by atoms with van der Waals surface area (Å²) < 4.78 is 11.9. The van der Waals surface area contributed by atoms with Gasteiger partial charge in [-0.05, 0) is 12.1 Å². The average molecular weight is 375 g/mol. The Balaban J connectivity index is 1.89. The number of rotatable bonds is 7. The third-order valence-electron chi connectivity index (χ3n) is 3.55. The molecule has 1 aromatic heterocycles. The van der Waals surface area contributed by atoms with E-state index in [1.165, 1.54) is 26.2 Å². The molecule has 0 aliphatic rings. The van der Waals surface area contributed by atoms with Crippen LogP contribution in [-0.2, 0) is 28.4 Å². The molecule has 1 heterocycles. The summed E-state index contributed by atoms with van der Waals surface area (Å²) in [5.41, 5.74) is -0.931. The van der Waals surface area contributed by atoms with Gasteiger partial charge in [0.2, 0.25) is 0 Å². The zero-order valence-electron chi connectivity index (χ0n) is 14.6. The Morgan fingerprint density at radius 3 is 2.52 bits per heavy atom. The predicted molar refractivity (Wildman–Crippen MR) is 93.8 cm³/mol. The minimum atomic E-state index is -0.830. The van der Waals surface area contributed by atoms with Gasteiger partial charge in [0.1, 0.15) is 11.6 Å². The van der Waals surface area contributed by atoms with Crippen molar-refractivity contribution in [1.82, 2.24) is 9.13 Å². The molecule has 1 N–H and O–H groups in total. The number of nitrogens with one attached hydrogen (secondary N) is 1. The summed E-state index contributed by atoms with van der Waals surface area (Å²) in [6.45, 7) is -1.14. The van der Waals surface area contributed by atoms with Crippen LogP contribution in [-0.4, -0.2) is 40.5 Å². The number of ether oxygens (including phenoxy) is 2. The van der Waals surface area contributed by atoms with E-state index in [4.69, 9.17) is 9.47 Å². The summed E-state index contributed by atoms with van der Waals surface area (Å²) in [6, 6.07) is 7.38. The number of esters is 1. The molecule has 0 atom stereocenters. The summed E-state index contributed by atoms with van der Waals surface area (Å²) in [6.07, 6.45) is 0.586. The first-order chi connectivity index (χ1) is 12.8. The lowest BCUT2D eigenvalue weighted by Gasteiger charge is -2.11. The number of hydrogen-bond donors (Lipinski definition) is 1. The first-order valence-corrected chi connectivity index (χ1v) is 7.73. The Kier molecular flexibility index (Phi) is 6.26. The summed E-state index contributed by atoms with van der Waals surface area (Å²) >= 11 is 0. The van der Waals surface area contributed by atoms with Gasteiger partial charge >= 0.3 is 11.7 Å². The van der Waals surface area contributed by atoms with E-state index in [9.17, 15) is 24.0 Å². The molecule has 0 spiro atoms. The SMILES string of the molecule is Cn1c(NC(=O)COC(=O)COc2ccccc2C=O)cc(=O)n(C)c1=O. The highest BCUT2D eigenvalue weighted by molar-refractivity contribution is 5.92. The number of para-hydroxylation sites is 1. The fourth-order valence-electron chi connectivity index (χ4n) is 2.07. The van der Waals surface area contributed by atoms with E-state index in [0.717, 1.165) is 15.2 Å². The maximum absolute atomic E-state index is 11.9. The van der Waals surface area contributed by atoms with Crippen molar-refractivity contribution < 1.29 is 23.9 Å². The van der Waals surface area contributed by atoms with E-state index in [1.54, 1.807) is 12.1 Å². The number of aldehydes is 1. The Morgan fingerprint density at radius 1 is 1.11 bits per heavy atom. The minimum absolute atomic E-state index is 0.0275. The van der Waals surface area contributed by atoms with Gasteiger partial charge in [-0.3, -0.25) is 23.5 Å². The lowest BCUT2D eigenvalue weighted by Crippen LogP contribution is -2.38. The van der Waals surface area contributed by atoms with Crippen molar-refractivity contribution in [1.29, 1.82) is 0 Å². The van der Waals surface area contributed by atoms with E-state index in [-0.39, 0.29) is 17.1 Å². The van der Waals surface area contributed by atoms with Crippen LogP contribution >= 0.6 is 0 Å². The molecule has 0 fully saturated rings. The molecule has 1 amide bonds. The molecule has 0 saturated heterocycles. The number of benzene rings is 1. The number of carbonyl (C=O) groups is 3. The predicted octanol–water partition coefficient (Wildman–Crippen LogP) is -0.543. The second kappa shape index (κ2) is 8.61. The van der Waals surface area contributed by atoms with Crippen molar-refractivity contribution in [3.05, 3.63) is 56.7 Å². The van der Waals surface area contributed by atoms with Gasteiger partial charge < -0.3 is 14.8 Å². The van der Waals surface area contributed by atoms with Crippen LogP contribution in [0.2, 0.25) is 0 Å². The number of aromatic nitrogens is 2. The molecular weight excluding hydrogens is 358 g/mol. The molecule has 27 heavy (non-hydrogen) atoms. The Labute approximate surface area is 152 Å². The Morgan fingerprint density at radius 2 is 1.81 bits per heavy atom. The molecule has 0 aliphatic carbocycles. The maximum atomic E-state index is 11.9. The molecule has 2 aromatic rings. The van der Waals surface area contributed by atoms with E-state index < -0.39 is 36.3 Å². The fourth-order valence-corrected chi connectivity index (χ4v) is 2.07. The van der Waals surface area contributed by atoms with Gasteiger partial charge in [0.25, 0.3) is 11.5 Å². The number of carbonyl (C=O) groups excluding carboxylic acids is 3. The summed E-state index contributed by atoms with van der Waals surface area (Å²) in [4.78, 5) is 57.8. The molecule has 0 radical (unpaired) electrons. The van der Waals surface area contributed by atoms with Gasteiger partial charge in [-0.1, -0.05) is 12.1 Å². The van der Waals surface area contributed by atoms with Gasteiger partial charge in [0, 0.05) is 20.2 Å². The highest BCUT2D eigenvalue weighted by atomic mass is 16.6. The number of amides is 1. The number of nitrogens with zero attached hydrogens (tertiary/aromatic N) is 2. The molecule has 142 valence electrons. The monoisotopic (exact) mass is 375 g/mol. The largest absolute Gasteiger partial charge is 0.481 e. The van der Waals surface area contributed by atoms with E-state index >= 15 is 0 Å². The molecule has 2 rings (SSSR count). The van der Waals surface area contributed by atoms with Crippen molar-refractivity contribution >= 4 is 24.0 Å². The smallest absolute Gasteiger partial charge is 0.344 e. The number of anilines is 1. The first-order valence-electron chi connectivity index (χ1n) is 7.73. The second-order valence-corrected chi connectivity index (χ2v) is 5.42. The molecule has 10 nitrogen and oxygen atoms in total. The van der Waals surface area contributed by atoms with Gasteiger partial charge in [0.05, 0.1) is 5.56 Å². The Bertz CT molecular complexity index is 991. The third-order valence-corrected chi connectivity index (χ3v) is 3.55. The number of hydrogen-bond acceptors (Lipinski definition) is 7. The average Bonchev–Trinajstić information content (AvgIpc) is 2.67. The van der Waals surface area contributed by atoms with Gasteiger partial charge in [0.15, 0.2) is 19.5 Å². The van der Waals surface area contributed by atoms with Gasteiger partial charge in [-0.25, -0.2) is 9.59 Å². The van der Waals surface area contributed by atoms with Crippen molar-refractivity contribution in [2.75, 3.05) is 18.5 Å². The molecule has 1 aromatic carbocycles. The van der Waals surface area contributed by atoms with Crippen LogP contribution in [0.5, 0.6) is 5.75 Å². The molecule has 0 bridgehead atoms. The lowest BCUT2D eigenvalue weighted by molar-refractivity contribution is -0.149. The molecule has 0 unspecified atom stereocenters. The molecule has 0 aliphatic heterocycles. The first kappa shape index (κ1) is 19.6. The highest BCUT2D eigenvalue weighted by Crippen LogP contribution is 2.15. The van der Waals surface area contributed by atoms with Gasteiger partial charge in [-0.2, -0.15) is 0 Å². The maximum Gasteiger partial charge on any atom is 0.344 e. The standard InChI is InChI=1S/C17H17N3O7/c1-19-13(7-15(23)20(2)17(19)25)18-14(22)9-27-16(24)10-26-12-6-4-3-5-11(12)8-21/h3-8H,9-10H2,1-2H3,(H,18,22). The van der Waals surface area contributed by atoms with E-state index in [0.29, 0.717) is 6.29 Å². The van der Waals surface area contributed by atoms with E-state index in [2.05, 4.69) is 5.32 Å². The van der Waals surface area contributed by atoms with Crippen LogP contribution in [0, 0.1) is 0 Å². The summed E-state index contributed by atoms with van der Waals surface area (Å²) in [5, 5.41) is 2.31. The van der Waals surface area contributed by atoms with E-state index in [1.807, 2.05) is 0 Å². The topological polar surface area (TPSA) is 126 Å². The fraction of sp³-hybridized carbons (Fsp3) is 0.235. The van der Waals surface area contributed by atoms with Gasteiger partial charge in [-0.15, -0.1) is 0 Å². The Hall–Kier alpha value is -3.69. The van der Waals surface area contributed by atoms with Crippen molar-refractivity contribution in [2.45, 2.75) is 0 Å². The third kappa shape index (κ3) is 4.91. The normalized spacial score (nSPS) is 10.1. The van der Waals surface area contributed by atoms with Crippen LogP contribution in [0.3, 0.4) is 0 Å². The second-order valence-electron chi connectivity index (χ2n) is 5.42. The van der Waals surface area contributed by atoms with Crippen LogP contribution in [0.25, 0.3) is 0 Å². The van der Waals surface area contributed by atoms with Crippen molar-refractivity contribution in [2.24, 2.45) is 14.1 Å². The van der Waals surface area contributed by atoms with Crippen LogP contribution in [0.1, 0.15) is 10.4 Å². The zero-order valence-corrected chi connectivity index (χ0v) is 14.6. The van der Waals surface area contributed by atoms with Crippen molar-refractivity contribution in [3.8, 4) is 5.75 Å². The highest BCUT2D eigenvalue weighted by Gasteiger charge is 2.12. The van der Waals surface area contributed by atoms with Crippen molar-refractivity contribution in [3.63, 3.8) is 0 Å².